The van der Waals surface area contributed by atoms with Gasteiger partial charge in [0.15, 0.2) is 5.75 Å². The van der Waals surface area contributed by atoms with Gasteiger partial charge in [-0.15, -0.1) is 0 Å². The maximum atomic E-state index is 13.7. The SMILES string of the molecule is CS(=O)(=O)Nc1cc(F)cc(COc2c(Cl)cc(CCC(=O)O)cc2Cl)c1. The quantitative estimate of drug-likeness (QED) is 0.650. The number of halogens is 3. The molecule has 2 rings (SSSR count). The standard InChI is InChI=1S/C17H16Cl2FNO5S/c1-27(24,25)21-13-5-11(4-12(20)8-13)9-26-17-14(18)6-10(7-15(17)19)2-3-16(22)23/h4-8,21H,2-3,9H2,1H3,(H,22,23). The predicted molar refractivity (Wildman–Crippen MR) is 102 cm³/mol. The normalized spacial score (nSPS) is 11.3. The molecule has 2 N–H and O–H groups in total. The van der Waals surface area contributed by atoms with Gasteiger partial charge in [0, 0.05) is 6.42 Å². The van der Waals surface area contributed by atoms with Crippen molar-refractivity contribution >= 4 is 44.9 Å². The maximum Gasteiger partial charge on any atom is 0.303 e. The molecule has 0 aliphatic carbocycles. The van der Waals surface area contributed by atoms with Gasteiger partial charge in [0.25, 0.3) is 0 Å². The first-order valence-electron chi connectivity index (χ1n) is 7.63. The predicted octanol–water partition coefficient (Wildman–Crippen LogP) is 4.10. The highest BCUT2D eigenvalue weighted by Gasteiger charge is 2.12. The lowest BCUT2D eigenvalue weighted by Gasteiger charge is -2.13. The molecule has 0 saturated heterocycles. The Hall–Kier alpha value is -2.03. The highest BCUT2D eigenvalue weighted by atomic mass is 35.5. The second-order valence-electron chi connectivity index (χ2n) is 5.79. The molecular weight excluding hydrogens is 420 g/mol. The van der Waals surface area contributed by atoms with E-state index in [4.69, 9.17) is 33.0 Å². The Bertz CT molecular complexity index is 943. The molecule has 0 amide bonds. The topological polar surface area (TPSA) is 92.7 Å². The molecule has 2 aromatic rings. The Labute approximate surface area is 165 Å². The Morgan fingerprint density at radius 2 is 1.78 bits per heavy atom. The molecule has 0 atom stereocenters. The fourth-order valence-corrected chi connectivity index (χ4v) is 3.50. The van der Waals surface area contributed by atoms with E-state index in [1.807, 2.05) is 0 Å². The van der Waals surface area contributed by atoms with Crippen molar-refractivity contribution in [3.63, 3.8) is 0 Å². The fraction of sp³-hybridized carbons (Fsp3) is 0.235. The number of carbonyl (C=O) groups is 1. The lowest BCUT2D eigenvalue weighted by molar-refractivity contribution is -0.136. The van der Waals surface area contributed by atoms with Crippen LogP contribution in [0.4, 0.5) is 10.1 Å². The zero-order chi connectivity index (χ0) is 20.2. The molecule has 0 radical (unpaired) electrons. The summed E-state index contributed by atoms with van der Waals surface area (Å²) in [6, 6.07) is 6.76. The Kier molecular flexibility index (Phi) is 6.91. The zero-order valence-corrected chi connectivity index (χ0v) is 16.5. The van der Waals surface area contributed by atoms with Gasteiger partial charge in [0.05, 0.1) is 22.0 Å². The Morgan fingerprint density at radius 1 is 1.15 bits per heavy atom. The van der Waals surface area contributed by atoms with Gasteiger partial charge in [-0.1, -0.05) is 23.2 Å². The molecule has 0 aliphatic heterocycles. The molecule has 146 valence electrons. The second-order valence-corrected chi connectivity index (χ2v) is 8.36. The van der Waals surface area contributed by atoms with Crippen LogP contribution < -0.4 is 9.46 Å². The number of sulfonamides is 1. The van der Waals surface area contributed by atoms with Gasteiger partial charge < -0.3 is 9.84 Å². The van der Waals surface area contributed by atoms with Crippen LogP contribution in [0.2, 0.25) is 10.0 Å². The van der Waals surface area contributed by atoms with Gasteiger partial charge in [0.1, 0.15) is 12.4 Å². The van der Waals surface area contributed by atoms with Gasteiger partial charge >= 0.3 is 5.97 Å². The molecular formula is C17H16Cl2FNO5S. The van der Waals surface area contributed by atoms with Crippen molar-refractivity contribution in [1.82, 2.24) is 0 Å². The summed E-state index contributed by atoms with van der Waals surface area (Å²) in [5, 5.41) is 9.11. The summed E-state index contributed by atoms with van der Waals surface area (Å²) >= 11 is 12.3. The number of ether oxygens (including phenoxy) is 1. The molecule has 0 unspecified atom stereocenters. The minimum Gasteiger partial charge on any atom is -0.486 e. The molecule has 27 heavy (non-hydrogen) atoms. The third kappa shape index (κ3) is 6.89. The van der Waals surface area contributed by atoms with Crippen LogP contribution in [0, 0.1) is 5.82 Å². The number of aliphatic carboxylic acids is 1. The van der Waals surface area contributed by atoms with Crippen LogP contribution in [-0.4, -0.2) is 25.7 Å². The molecule has 0 fully saturated rings. The lowest BCUT2D eigenvalue weighted by atomic mass is 10.1. The van der Waals surface area contributed by atoms with E-state index >= 15 is 0 Å². The Morgan fingerprint density at radius 3 is 2.33 bits per heavy atom. The van der Waals surface area contributed by atoms with Crippen LogP contribution >= 0.6 is 23.2 Å². The molecule has 6 nitrogen and oxygen atoms in total. The first kappa shape index (κ1) is 21.3. The van der Waals surface area contributed by atoms with E-state index in [2.05, 4.69) is 4.72 Å². The van der Waals surface area contributed by atoms with Crippen LogP contribution in [-0.2, 0) is 27.8 Å². The van der Waals surface area contributed by atoms with Gasteiger partial charge in [-0.3, -0.25) is 9.52 Å². The monoisotopic (exact) mass is 435 g/mol. The zero-order valence-electron chi connectivity index (χ0n) is 14.1. The van der Waals surface area contributed by atoms with Crippen LogP contribution in [0.3, 0.4) is 0 Å². The molecule has 0 saturated carbocycles. The number of nitrogens with one attached hydrogen (secondary N) is 1. The number of hydrogen-bond donors (Lipinski definition) is 2. The van der Waals surface area contributed by atoms with Crippen molar-refractivity contribution in [2.24, 2.45) is 0 Å². The number of aryl methyl sites for hydroxylation is 1. The number of carboxylic acid groups (broad SMARTS) is 1. The van der Waals surface area contributed by atoms with E-state index < -0.39 is 21.8 Å². The lowest BCUT2D eigenvalue weighted by Crippen LogP contribution is -2.10. The minimum atomic E-state index is -3.55. The summed E-state index contributed by atoms with van der Waals surface area (Å²) in [5.41, 5.74) is 1.07. The molecule has 0 bridgehead atoms. The van der Waals surface area contributed by atoms with Crippen molar-refractivity contribution in [2.45, 2.75) is 19.4 Å². The molecule has 2 aromatic carbocycles. The number of rotatable bonds is 8. The smallest absolute Gasteiger partial charge is 0.303 e. The van der Waals surface area contributed by atoms with Crippen LogP contribution in [0.25, 0.3) is 0 Å². The van der Waals surface area contributed by atoms with Crippen molar-refractivity contribution in [3.8, 4) is 5.75 Å². The van der Waals surface area contributed by atoms with E-state index in [-0.39, 0.29) is 40.9 Å². The van der Waals surface area contributed by atoms with Crippen molar-refractivity contribution < 1.29 is 27.4 Å². The molecule has 0 spiro atoms. The molecule has 10 heteroatoms. The van der Waals surface area contributed by atoms with E-state index in [1.165, 1.54) is 12.1 Å². The highest BCUT2D eigenvalue weighted by Crippen LogP contribution is 2.35. The second kappa shape index (κ2) is 8.77. The third-order valence-corrected chi connectivity index (χ3v) is 4.50. The van der Waals surface area contributed by atoms with Crippen LogP contribution in [0.1, 0.15) is 17.5 Å². The Balaban J connectivity index is 2.15. The van der Waals surface area contributed by atoms with Gasteiger partial charge in [-0.25, -0.2) is 12.8 Å². The average Bonchev–Trinajstić information content (AvgIpc) is 2.49. The summed E-state index contributed by atoms with van der Waals surface area (Å²) < 4.78 is 44.0. The summed E-state index contributed by atoms with van der Waals surface area (Å²) in [5.74, 6) is -1.41. The molecule has 0 aromatic heterocycles. The van der Waals surface area contributed by atoms with E-state index in [0.29, 0.717) is 11.1 Å². The third-order valence-electron chi connectivity index (χ3n) is 3.33. The van der Waals surface area contributed by atoms with Crippen LogP contribution in [0.15, 0.2) is 30.3 Å². The average molecular weight is 436 g/mol. The van der Waals surface area contributed by atoms with E-state index in [9.17, 15) is 17.6 Å². The summed E-state index contributed by atoms with van der Waals surface area (Å²) in [4.78, 5) is 10.6. The summed E-state index contributed by atoms with van der Waals surface area (Å²) in [6.07, 6.45) is 1.16. The largest absolute Gasteiger partial charge is 0.486 e. The minimum absolute atomic E-state index is 0.0632. The van der Waals surface area contributed by atoms with Crippen LogP contribution in [0.5, 0.6) is 5.75 Å². The summed E-state index contributed by atoms with van der Waals surface area (Å²) in [7, 11) is -3.55. The number of hydrogen-bond acceptors (Lipinski definition) is 4. The van der Waals surface area contributed by atoms with E-state index in [1.54, 1.807) is 12.1 Å². The summed E-state index contributed by atoms with van der Waals surface area (Å²) in [6.45, 7) is -0.107. The van der Waals surface area contributed by atoms with Crippen molar-refractivity contribution in [1.29, 1.82) is 0 Å². The fourth-order valence-electron chi connectivity index (χ4n) is 2.31. The molecule has 0 aliphatic rings. The van der Waals surface area contributed by atoms with E-state index in [0.717, 1.165) is 12.3 Å². The number of benzene rings is 2. The molecule has 0 heterocycles. The van der Waals surface area contributed by atoms with Crippen molar-refractivity contribution in [2.75, 3.05) is 11.0 Å². The van der Waals surface area contributed by atoms with Crippen molar-refractivity contribution in [3.05, 3.63) is 57.3 Å². The first-order valence-corrected chi connectivity index (χ1v) is 10.3. The van der Waals surface area contributed by atoms with Gasteiger partial charge in [-0.2, -0.15) is 0 Å². The maximum absolute atomic E-state index is 13.7. The first-order chi connectivity index (χ1) is 12.5. The van der Waals surface area contributed by atoms with Gasteiger partial charge in [0.2, 0.25) is 10.0 Å². The highest BCUT2D eigenvalue weighted by molar-refractivity contribution is 7.92. The van der Waals surface area contributed by atoms with Gasteiger partial charge in [-0.05, 0) is 47.9 Å². The number of carboxylic acids is 1. The number of anilines is 1.